The van der Waals surface area contributed by atoms with E-state index in [2.05, 4.69) is 15.0 Å². The lowest BCUT2D eigenvalue weighted by Gasteiger charge is -2.13. The number of amides is 1. The predicted octanol–water partition coefficient (Wildman–Crippen LogP) is 1.80. The molecule has 1 aromatic carbocycles. The number of hydrogen-bond donors (Lipinski definition) is 2. The Morgan fingerprint density at radius 1 is 1.28 bits per heavy atom. The zero-order chi connectivity index (χ0) is 17.7. The summed E-state index contributed by atoms with van der Waals surface area (Å²) in [4.78, 5) is 16.4. The van der Waals surface area contributed by atoms with Crippen LogP contribution >= 0.6 is 11.8 Å². The molecule has 0 aliphatic carbocycles. The van der Waals surface area contributed by atoms with E-state index < -0.39 is 10.0 Å². The van der Waals surface area contributed by atoms with Crippen LogP contribution in [0.1, 0.15) is 22.3 Å². The first kappa shape index (κ1) is 17.9. The van der Waals surface area contributed by atoms with Gasteiger partial charge in [0.1, 0.15) is 0 Å². The van der Waals surface area contributed by atoms with Gasteiger partial charge < -0.3 is 5.32 Å². The third-order valence-corrected chi connectivity index (χ3v) is 6.51. The number of pyridine rings is 1. The van der Waals surface area contributed by atoms with Crippen molar-refractivity contribution in [3.05, 3.63) is 59.9 Å². The second kappa shape index (κ2) is 7.99. The van der Waals surface area contributed by atoms with Crippen LogP contribution in [0.4, 0.5) is 0 Å². The molecule has 1 atom stereocenters. The number of benzene rings is 1. The molecule has 0 spiro atoms. The van der Waals surface area contributed by atoms with Crippen LogP contribution in [-0.2, 0) is 16.6 Å². The van der Waals surface area contributed by atoms with E-state index in [1.54, 1.807) is 42.4 Å². The van der Waals surface area contributed by atoms with Gasteiger partial charge in [-0.25, -0.2) is 13.1 Å². The van der Waals surface area contributed by atoms with Crippen LogP contribution in [0.15, 0.2) is 53.7 Å². The molecule has 2 N–H and O–H groups in total. The molecule has 3 rings (SSSR count). The zero-order valence-electron chi connectivity index (χ0n) is 13.5. The summed E-state index contributed by atoms with van der Waals surface area (Å²) in [6.45, 7) is 0.335. The number of nitrogens with zero attached hydrogens (tertiary/aromatic N) is 1. The topological polar surface area (TPSA) is 88.2 Å². The summed E-state index contributed by atoms with van der Waals surface area (Å²) in [6, 6.07) is 9.70. The standard InChI is InChI=1S/C17H19N3O3S2/c21-17(19-11-13-3-2-7-18-10-13)14-4-1-5-16(9-14)25(22,23)20-15-6-8-24-12-15/h1-5,7,9-10,15,20H,6,8,11-12H2,(H,19,21). The van der Waals surface area contributed by atoms with E-state index in [-0.39, 0.29) is 16.8 Å². The molecule has 1 amide bonds. The molecule has 1 unspecified atom stereocenters. The van der Waals surface area contributed by atoms with Crippen molar-refractivity contribution in [2.75, 3.05) is 11.5 Å². The molecular formula is C17H19N3O3S2. The van der Waals surface area contributed by atoms with Crippen LogP contribution in [0, 0.1) is 0 Å². The van der Waals surface area contributed by atoms with E-state index in [4.69, 9.17) is 0 Å². The number of sulfonamides is 1. The number of hydrogen-bond acceptors (Lipinski definition) is 5. The summed E-state index contributed by atoms with van der Waals surface area (Å²) in [5.41, 5.74) is 1.19. The van der Waals surface area contributed by atoms with Crippen LogP contribution in [0.25, 0.3) is 0 Å². The van der Waals surface area contributed by atoms with E-state index in [0.717, 1.165) is 23.5 Å². The van der Waals surface area contributed by atoms with Crippen molar-refractivity contribution in [1.82, 2.24) is 15.0 Å². The van der Waals surface area contributed by atoms with Gasteiger partial charge in [-0.15, -0.1) is 0 Å². The Labute approximate surface area is 151 Å². The van der Waals surface area contributed by atoms with Gasteiger partial charge in [0.15, 0.2) is 0 Å². The number of aromatic nitrogens is 1. The Kier molecular flexibility index (Phi) is 5.72. The molecule has 0 saturated carbocycles. The lowest BCUT2D eigenvalue weighted by atomic mass is 10.2. The van der Waals surface area contributed by atoms with Gasteiger partial charge in [-0.2, -0.15) is 11.8 Å². The number of carbonyl (C=O) groups excluding carboxylic acids is 1. The quantitative estimate of drug-likeness (QED) is 0.801. The van der Waals surface area contributed by atoms with Gasteiger partial charge >= 0.3 is 0 Å². The molecule has 132 valence electrons. The minimum Gasteiger partial charge on any atom is -0.348 e. The second-order valence-corrected chi connectivity index (χ2v) is 8.62. The highest BCUT2D eigenvalue weighted by molar-refractivity contribution is 7.99. The highest BCUT2D eigenvalue weighted by atomic mass is 32.2. The van der Waals surface area contributed by atoms with Gasteiger partial charge in [-0.05, 0) is 42.0 Å². The summed E-state index contributed by atoms with van der Waals surface area (Å²) in [5.74, 6) is 1.42. The molecule has 25 heavy (non-hydrogen) atoms. The minimum absolute atomic E-state index is 0.0435. The van der Waals surface area contributed by atoms with Crippen molar-refractivity contribution in [1.29, 1.82) is 0 Å². The normalized spacial score (nSPS) is 17.4. The highest BCUT2D eigenvalue weighted by Gasteiger charge is 2.23. The van der Waals surface area contributed by atoms with Crippen molar-refractivity contribution in [2.24, 2.45) is 0 Å². The number of nitrogens with one attached hydrogen (secondary N) is 2. The Balaban J connectivity index is 1.68. The number of rotatable bonds is 6. The second-order valence-electron chi connectivity index (χ2n) is 5.75. The van der Waals surface area contributed by atoms with Crippen molar-refractivity contribution in [3.63, 3.8) is 0 Å². The van der Waals surface area contributed by atoms with Gasteiger partial charge in [0.2, 0.25) is 10.0 Å². The first-order chi connectivity index (χ1) is 12.0. The monoisotopic (exact) mass is 377 g/mol. The first-order valence-electron chi connectivity index (χ1n) is 7.92. The summed E-state index contributed by atoms with van der Waals surface area (Å²) < 4.78 is 27.7. The molecule has 1 aromatic heterocycles. The van der Waals surface area contributed by atoms with Crippen molar-refractivity contribution in [3.8, 4) is 0 Å². The Bertz CT molecular complexity index is 835. The van der Waals surface area contributed by atoms with Gasteiger partial charge in [-0.1, -0.05) is 12.1 Å². The summed E-state index contributed by atoms with van der Waals surface area (Å²) in [7, 11) is -3.62. The molecule has 1 aliphatic rings. The maximum atomic E-state index is 12.5. The third-order valence-electron chi connectivity index (χ3n) is 3.83. The smallest absolute Gasteiger partial charge is 0.251 e. The van der Waals surface area contributed by atoms with Crippen LogP contribution in [0.2, 0.25) is 0 Å². The average molecular weight is 377 g/mol. The van der Waals surface area contributed by atoms with E-state index in [1.165, 1.54) is 12.1 Å². The summed E-state index contributed by atoms with van der Waals surface area (Å²) in [5, 5.41) is 2.77. The van der Waals surface area contributed by atoms with Crippen molar-refractivity contribution >= 4 is 27.7 Å². The van der Waals surface area contributed by atoms with Crippen molar-refractivity contribution < 1.29 is 13.2 Å². The van der Waals surface area contributed by atoms with Gasteiger partial charge in [0, 0.05) is 36.3 Å². The van der Waals surface area contributed by atoms with Crippen LogP contribution in [0.3, 0.4) is 0 Å². The Morgan fingerprint density at radius 3 is 2.88 bits per heavy atom. The fraction of sp³-hybridized carbons (Fsp3) is 0.294. The SMILES string of the molecule is O=C(NCc1cccnc1)c1cccc(S(=O)(=O)NC2CCSC2)c1. The molecule has 0 bridgehead atoms. The molecule has 2 aromatic rings. The largest absolute Gasteiger partial charge is 0.348 e. The molecule has 1 saturated heterocycles. The lowest BCUT2D eigenvalue weighted by Crippen LogP contribution is -2.34. The van der Waals surface area contributed by atoms with Gasteiger partial charge in [0.05, 0.1) is 4.90 Å². The first-order valence-corrected chi connectivity index (χ1v) is 10.6. The maximum absolute atomic E-state index is 12.5. The Hall–Kier alpha value is -1.90. The molecule has 6 nitrogen and oxygen atoms in total. The fourth-order valence-electron chi connectivity index (χ4n) is 2.51. The number of carbonyl (C=O) groups is 1. The molecular weight excluding hydrogens is 358 g/mol. The molecule has 1 fully saturated rings. The van der Waals surface area contributed by atoms with E-state index in [0.29, 0.717) is 12.1 Å². The Morgan fingerprint density at radius 2 is 2.16 bits per heavy atom. The molecule has 8 heteroatoms. The minimum atomic E-state index is -3.62. The molecule has 1 aliphatic heterocycles. The van der Waals surface area contributed by atoms with Crippen LogP contribution < -0.4 is 10.0 Å². The average Bonchev–Trinajstić information content (AvgIpc) is 3.13. The van der Waals surface area contributed by atoms with E-state index in [9.17, 15) is 13.2 Å². The van der Waals surface area contributed by atoms with Gasteiger partial charge in [-0.3, -0.25) is 9.78 Å². The summed E-state index contributed by atoms with van der Waals surface area (Å²) >= 11 is 1.73. The molecule has 0 radical (unpaired) electrons. The highest BCUT2D eigenvalue weighted by Crippen LogP contribution is 2.20. The maximum Gasteiger partial charge on any atom is 0.251 e. The van der Waals surface area contributed by atoms with Gasteiger partial charge in [0.25, 0.3) is 5.91 Å². The fourth-order valence-corrected chi connectivity index (χ4v) is 5.08. The van der Waals surface area contributed by atoms with Crippen LogP contribution in [-0.4, -0.2) is 36.9 Å². The van der Waals surface area contributed by atoms with Crippen LogP contribution in [0.5, 0.6) is 0 Å². The van der Waals surface area contributed by atoms with E-state index in [1.807, 2.05) is 6.07 Å². The van der Waals surface area contributed by atoms with Crippen molar-refractivity contribution in [2.45, 2.75) is 23.9 Å². The zero-order valence-corrected chi connectivity index (χ0v) is 15.1. The molecule has 2 heterocycles. The van der Waals surface area contributed by atoms with E-state index >= 15 is 0 Å². The third kappa shape index (κ3) is 4.81. The number of thioether (sulfide) groups is 1. The summed E-state index contributed by atoms with van der Waals surface area (Å²) in [6.07, 6.45) is 4.16. The lowest BCUT2D eigenvalue weighted by molar-refractivity contribution is 0.0950. The predicted molar refractivity (Wildman–Crippen MR) is 97.9 cm³/mol.